The number of rotatable bonds is 4. The lowest BCUT2D eigenvalue weighted by atomic mass is 10.1. The molecule has 0 aliphatic rings. The van der Waals surface area contributed by atoms with E-state index in [1.54, 1.807) is 0 Å². The number of hydrogen-bond acceptors (Lipinski definition) is 3. The van der Waals surface area contributed by atoms with Crippen LogP contribution in [0.3, 0.4) is 0 Å². The molecule has 1 aromatic heterocycles. The van der Waals surface area contributed by atoms with Crippen molar-refractivity contribution in [2.45, 2.75) is 18.1 Å². The molecule has 0 bridgehead atoms. The van der Waals surface area contributed by atoms with Crippen LogP contribution < -0.4 is 4.74 Å². The normalized spacial score (nSPS) is 11.7. The molecule has 0 spiro atoms. The molecule has 0 atom stereocenters. The Kier molecular flexibility index (Phi) is 4.60. The van der Waals surface area contributed by atoms with E-state index in [1.165, 1.54) is 0 Å². The summed E-state index contributed by atoms with van der Waals surface area (Å²) in [7, 11) is 0. The molecule has 1 heterocycles. The Balaban J connectivity index is 3.35. The Morgan fingerprint density at radius 1 is 1.44 bits per heavy atom. The van der Waals surface area contributed by atoms with Crippen LogP contribution in [-0.4, -0.2) is 17.6 Å². The van der Waals surface area contributed by atoms with Crippen molar-refractivity contribution in [3.63, 3.8) is 0 Å². The topological polar surface area (TPSA) is 39.2 Å². The van der Waals surface area contributed by atoms with E-state index >= 15 is 0 Å². The van der Waals surface area contributed by atoms with Gasteiger partial charge in [0.1, 0.15) is 5.69 Å². The standard InChI is InChI=1S/C9H5BrF5NO2/c10-1-4-5(3-17)6(18-9(13,14)15)2-16-7(4)8(11)12/h2-3,8H,1H2. The van der Waals surface area contributed by atoms with Crippen molar-refractivity contribution >= 4 is 22.2 Å². The molecule has 100 valence electrons. The number of nitrogens with zero attached hydrogens (tertiary/aromatic N) is 1. The number of halogens is 6. The van der Waals surface area contributed by atoms with E-state index < -0.39 is 29.8 Å². The van der Waals surface area contributed by atoms with Gasteiger partial charge in [-0.15, -0.1) is 13.2 Å². The van der Waals surface area contributed by atoms with E-state index in [0.717, 1.165) is 0 Å². The summed E-state index contributed by atoms with van der Waals surface area (Å²) in [6, 6.07) is 0. The van der Waals surface area contributed by atoms with Crippen LogP contribution in [0.4, 0.5) is 22.0 Å². The van der Waals surface area contributed by atoms with Gasteiger partial charge in [-0.25, -0.2) is 8.78 Å². The van der Waals surface area contributed by atoms with Crippen LogP contribution in [0.25, 0.3) is 0 Å². The average Bonchev–Trinajstić information content (AvgIpc) is 2.25. The van der Waals surface area contributed by atoms with Crippen LogP contribution in [0.2, 0.25) is 0 Å². The van der Waals surface area contributed by atoms with E-state index in [0.29, 0.717) is 6.20 Å². The third kappa shape index (κ3) is 3.37. The van der Waals surface area contributed by atoms with Gasteiger partial charge in [-0.3, -0.25) is 9.78 Å². The molecule has 3 nitrogen and oxygen atoms in total. The first kappa shape index (κ1) is 14.8. The lowest BCUT2D eigenvalue weighted by molar-refractivity contribution is -0.274. The van der Waals surface area contributed by atoms with Gasteiger partial charge in [-0.2, -0.15) is 0 Å². The fourth-order valence-electron chi connectivity index (χ4n) is 1.23. The minimum absolute atomic E-state index is 0.0191. The average molecular weight is 334 g/mol. The van der Waals surface area contributed by atoms with Gasteiger partial charge in [0, 0.05) is 10.9 Å². The summed E-state index contributed by atoms with van der Waals surface area (Å²) >= 11 is 2.81. The Morgan fingerprint density at radius 3 is 2.44 bits per heavy atom. The summed E-state index contributed by atoms with van der Waals surface area (Å²) in [5.41, 5.74) is -1.69. The molecule has 1 aromatic rings. The summed E-state index contributed by atoms with van der Waals surface area (Å²) in [6.45, 7) is 0. The highest BCUT2D eigenvalue weighted by Gasteiger charge is 2.33. The van der Waals surface area contributed by atoms with Gasteiger partial charge in [-0.1, -0.05) is 15.9 Å². The lowest BCUT2D eigenvalue weighted by Crippen LogP contribution is -2.19. The molecule has 9 heteroatoms. The summed E-state index contributed by atoms with van der Waals surface area (Å²) in [4.78, 5) is 13.9. The van der Waals surface area contributed by atoms with Crippen molar-refractivity contribution in [2.75, 3.05) is 0 Å². The molecule has 0 saturated carbocycles. The first-order valence-electron chi connectivity index (χ1n) is 4.37. The van der Waals surface area contributed by atoms with E-state index in [-0.39, 0.29) is 17.2 Å². The molecule has 0 aliphatic heterocycles. The highest BCUT2D eigenvalue weighted by molar-refractivity contribution is 9.08. The molecule has 0 aromatic carbocycles. The molecule has 0 unspecified atom stereocenters. The van der Waals surface area contributed by atoms with Crippen molar-refractivity contribution < 1.29 is 31.5 Å². The van der Waals surface area contributed by atoms with Crippen molar-refractivity contribution in [3.05, 3.63) is 23.0 Å². The molecular weight excluding hydrogens is 329 g/mol. The predicted octanol–water partition coefficient (Wildman–Crippen LogP) is 3.63. The SMILES string of the molecule is O=Cc1c(OC(F)(F)F)cnc(C(F)F)c1CBr. The molecule has 1 rings (SSSR count). The number of aromatic nitrogens is 1. The number of carbonyl (C=O) groups excluding carboxylic acids is 1. The second-order valence-electron chi connectivity index (χ2n) is 3.00. The Labute approximate surface area is 106 Å². The second kappa shape index (κ2) is 5.59. The Hall–Kier alpha value is -1.25. The smallest absolute Gasteiger partial charge is 0.403 e. The van der Waals surface area contributed by atoms with Crippen molar-refractivity contribution in [2.24, 2.45) is 0 Å². The largest absolute Gasteiger partial charge is 0.573 e. The number of alkyl halides is 6. The molecule has 0 N–H and O–H groups in total. The van der Waals surface area contributed by atoms with Gasteiger partial charge >= 0.3 is 6.36 Å². The maximum absolute atomic E-state index is 12.5. The zero-order valence-corrected chi connectivity index (χ0v) is 10.1. The highest BCUT2D eigenvalue weighted by atomic mass is 79.9. The molecule has 0 saturated heterocycles. The van der Waals surface area contributed by atoms with Crippen LogP contribution in [0.15, 0.2) is 6.20 Å². The maximum atomic E-state index is 12.5. The predicted molar refractivity (Wildman–Crippen MR) is 53.9 cm³/mol. The van der Waals surface area contributed by atoms with Crippen LogP contribution in [0.1, 0.15) is 28.0 Å². The number of pyridine rings is 1. The van der Waals surface area contributed by atoms with E-state index in [4.69, 9.17) is 0 Å². The van der Waals surface area contributed by atoms with Crippen LogP contribution in [0.5, 0.6) is 5.75 Å². The number of ether oxygens (including phenoxy) is 1. The quantitative estimate of drug-likeness (QED) is 0.480. The zero-order valence-electron chi connectivity index (χ0n) is 8.47. The number of hydrogen-bond donors (Lipinski definition) is 0. The van der Waals surface area contributed by atoms with Crippen molar-refractivity contribution in [1.29, 1.82) is 0 Å². The van der Waals surface area contributed by atoms with Crippen LogP contribution in [0, 0.1) is 0 Å². The highest BCUT2D eigenvalue weighted by Crippen LogP contribution is 2.32. The third-order valence-electron chi connectivity index (χ3n) is 1.90. The van der Waals surface area contributed by atoms with E-state index in [1.807, 2.05) is 0 Å². The maximum Gasteiger partial charge on any atom is 0.573 e. The third-order valence-corrected chi connectivity index (χ3v) is 2.47. The van der Waals surface area contributed by atoms with Gasteiger partial charge in [-0.05, 0) is 0 Å². The summed E-state index contributed by atoms with van der Waals surface area (Å²) < 4.78 is 64.7. The van der Waals surface area contributed by atoms with Gasteiger partial charge in [0.25, 0.3) is 6.43 Å². The van der Waals surface area contributed by atoms with Crippen LogP contribution >= 0.6 is 15.9 Å². The second-order valence-corrected chi connectivity index (χ2v) is 3.56. The van der Waals surface area contributed by atoms with Gasteiger partial charge < -0.3 is 4.74 Å². The van der Waals surface area contributed by atoms with Gasteiger partial charge in [0.15, 0.2) is 12.0 Å². The minimum Gasteiger partial charge on any atom is -0.403 e. The number of carbonyl (C=O) groups is 1. The fraction of sp³-hybridized carbons (Fsp3) is 0.333. The Morgan fingerprint density at radius 2 is 2.06 bits per heavy atom. The van der Waals surface area contributed by atoms with Gasteiger partial charge in [0.2, 0.25) is 0 Å². The monoisotopic (exact) mass is 333 g/mol. The molecule has 0 aliphatic carbocycles. The first-order chi connectivity index (χ1) is 8.30. The zero-order chi connectivity index (χ0) is 13.9. The molecule has 18 heavy (non-hydrogen) atoms. The summed E-state index contributed by atoms with van der Waals surface area (Å²) in [5, 5.41) is -0.247. The first-order valence-corrected chi connectivity index (χ1v) is 5.49. The molecule has 0 amide bonds. The Bertz CT molecular complexity index is 449. The summed E-state index contributed by atoms with van der Waals surface area (Å²) in [5.74, 6) is -0.906. The van der Waals surface area contributed by atoms with Crippen LogP contribution in [-0.2, 0) is 5.33 Å². The minimum atomic E-state index is -5.03. The number of aldehydes is 1. The van der Waals surface area contributed by atoms with Crippen molar-refractivity contribution in [1.82, 2.24) is 4.98 Å². The molecule has 0 fully saturated rings. The molecular formula is C9H5BrF5NO2. The summed E-state index contributed by atoms with van der Waals surface area (Å²) in [6.07, 6.45) is -7.57. The van der Waals surface area contributed by atoms with Gasteiger partial charge in [0.05, 0.1) is 11.8 Å². The van der Waals surface area contributed by atoms with E-state index in [9.17, 15) is 26.7 Å². The van der Waals surface area contributed by atoms with Crippen molar-refractivity contribution in [3.8, 4) is 5.75 Å². The fourth-order valence-corrected chi connectivity index (χ4v) is 1.82. The van der Waals surface area contributed by atoms with E-state index in [2.05, 4.69) is 25.7 Å². The molecule has 0 radical (unpaired) electrons. The lowest BCUT2D eigenvalue weighted by Gasteiger charge is -2.14.